The van der Waals surface area contributed by atoms with Gasteiger partial charge in [-0.15, -0.1) is 0 Å². The first-order valence-corrected chi connectivity index (χ1v) is 19.2. The lowest BCUT2D eigenvalue weighted by atomic mass is 9.99. The first-order valence-electron chi connectivity index (χ1n) is 15.5. The third kappa shape index (κ3) is 6.79. The van der Waals surface area contributed by atoms with Crippen molar-refractivity contribution in [1.82, 2.24) is 0 Å². The van der Waals surface area contributed by atoms with Crippen molar-refractivity contribution < 1.29 is 0 Å². The molecule has 3 heteroatoms. The van der Waals surface area contributed by atoms with Crippen LogP contribution in [0.2, 0.25) is 0 Å². The maximum Gasteiger partial charge on any atom is 0.0158 e. The van der Waals surface area contributed by atoms with Crippen molar-refractivity contribution in [1.29, 1.82) is 0 Å². The Bertz CT molecular complexity index is 619. The van der Waals surface area contributed by atoms with Crippen molar-refractivity contribution in [3.8, 4) is 0 Å². The monoisotopic (exact) mass is 518 g/mol. The number of allylic oxidation sites excluding steroid dienone is 4. The Morgan fingerprint density at radius 1 is 0.559 bits per heavy atom. The van der Waals surface area contributed by atoms with Crippen LogP contribution in [0.1, 0.15) is 135 Å². The van der Waals surface area contributed by atoms with Gasteiger partial charge in [-0.2, -0.15) is 0 Å². The van der Waals surface area contributed by atoms with Crippen molar-refractivity contribution in [2.75, 3.05) is 0 Å². The molecule has 192 valence electrons. The van der Waals surface area contributed by atoms with Gasteiger partial charge in [-0.1, -0.05) is 121 Å². The average Bonchev–Trinajstić information content (AvgIpc) is 3.28. The lowest BCUT2D eigenvalue weighted by Crippen LogP contribution is -2.30. The number of hydrogen-bond donors (Lipinski definition) is 0. The van der Waals surface area contributed by atoms with Crippen LogP contribution in [0.5, 0.6) is 0 Å². The van der Waals surface area contributed by atoms with E-state index in [1.54, 1.807) is 25.7 Å². The molecule has 3 unspecified atom stereocenters. The van der Waals surface area contributed by atoms with Crippen molar-refractivity contribution in [2.45, 2.75) is 164 Å². The highest BCUT2D eigenvalue weighted by Gasteiger charge is 2.41. The Balaban J connectivity index is 1.36. The molecule has 0 bridgehead atoms. The summed E-state index contributed by atoms with van der Waals surface area (Å²) in [6.45, 7) is 2.79. The first-order chi connectivity index (χ1) is 16.8. The summed E-state index contributed by atoms with van der Waals surface area (Å²) in [6.07, 6.45) is 36.0. The van der Waals surface area contributed by atoms with E-state index in [-0.39, 0.29) is 7.92 Å². The molecule has 0 heterocycles. The molecular formula is C31H53P3. The zero-order valence-corrected chi connectivity index (χ0v) is 25.1. The van der Waals surface area contributed by atoms with Crippen molar-refractivity contribution in [3.63, 3.8) is 0 Å². The van der Waals surface area contributed by atoms with E-state index < -0.39 is 0 Å². The van der Waals surface area contributed by atoms with Gasteiger partial charge in [0.25, 0.3) is 0 Å². The van der Waals surface area contributed by atoms with Gasteiger partial charge in [0.15, 0.2) is 0 Å². The summed E-state index contributed by atoms with van der Waals surface area (Å²) in [4.78, 5) is 0. The first kappa shape index (κ1) is 26.4. The standard InChI is InChI=1S/C31H53P3/c1-24(34(27-18-10-4-11-19-27)28-20-12-5-13-21-28)31-29(32-25-14-6-2-7-15-25)22-23-30(31)33-26-16-8-3-9-17-26/h22-28,31-33H,2-21H2,1H3. The van der Waals surface area contributed by atoms with E-state index in [9.17, 15) is 0 Å². The maximum atomic E-state index is 2.79. The number of hydrogen-bond acceptors (Lipinski definition) is 0. The molecular weight excluding hydrogens is 465 g/mol. The summed E-state index contributed by atoms with van der Waals surface area (Å²) in [5.74, 6) is 0.857. The van der Waals surface area contributed by atoms with Gasteiger partial charge in [-0.05, 0) is 90.3 Å². The van der Waals surface area contributed by atoms with Crippen LogP contribution < -0.4 is 0 Å². The van der Waals surface area contributed by atoms with Crippen LogP contribution in [-0.2, 0) is 0 Å². The summed E-state index contributed by atoms with van der Waals surface area (Å²) in [5.41, 5.74) is 5.20. The van der Waals surface area contributed by atoms with Crippen LogP contribution in [0.25, 0.3) is 0 Å². The molecule has 0 nitrogen and oxygen atoms in total. The Morgan fingerprint density at radius 3 is 1.29 bits per heavy atom. The van der Waals surface area contributed by atoms with Gasteiger partial charge in [0, 0.05) is 5.92 Å². The molecule has 4 fully saturated rings. The summed E-state index contributed by atoms with van der Waals surface area (Å²) in [7, 11) is 2.44. The average molecular weight is 519 g/mol. The van der Waals surface area contributed by atoms with E-state index in [0.29, 0.717) is 0 Å². The lowest BCUT2D eigenvalue weighted by molar-refractivity contribution is 0.478. The van der Waals surface area contributed by atoms with Crippen LogP contribution in [0.15, 0.2) is 22.8 Å². The molecule has 34 heavy (non-hydrogen) atoms. The highest BCUT2D eigenvalue weighted by Crippen LogP contribution is 2.65. The van der Waals surface area contributed by atoms with Gasteiger partial charge in [-0.25, -0.2) is 0 Å². The minimum absolute atomic E-state index is 0.158. The molecule has 0 saturated heterocycles. The minimum Gasteiger partial charge on any atom is -0.0965 e. The van der Waals surface area contributed by atoms with Gasteiger partial charge in [0.05, 0.1) is 0 Å². The molecule has 0 N–H and O–H groups in total. The molecule has 0 amide bonds. The predicted octanol–water partition coefficient (Wildman–Crippen LogP) is 10.9. The molecule has 0 radical (unpaired) electrons. The van der Waals surface area contributed by atoms with Gasteiger partial charge in [-0.3, -0.25) is 0 Å². The van der Waals surface area contributed by atoms with Crippen LogP contribution in [-0.4, -0.2) is 28.3 Å². The molecule has 0 spiro atoms. The van der Waals surface area contributed by atoms with Crippen molar-refractivity contribution in [2.24, 2.45) is 5.92 Å². The molecule has 3 atom stereocenters. The SMILES string of the molecule is CC(C1C(PC2CCCCC2)=CC=C1PC1CCCCC1)P(C1CCCCC1)C1CCCCC1. The zero-order chi connectivity index (χ0) is 23.2. The molecule has 5 aliphatic carbocycles. The second kappa shape index (κ2) is 13.5. The van der Waals surface area contributed by atoms with Crippen molar-refractivity contribution >= 4 is 25.1 Å². The molecule has 0 aliphatic heterocycles. The summed E-state index contributed by atoms with van der Waals surface area (Å²) in [5, 5.41) is 3.88. The van der Waals surface area contributed by atoms with Crippen LogP contribution in [0.3, 0.4) is 0 Å². The van der Waals surface area contributed by atoms with Gasteiger partial charge < -0.3 is 0 Å². The highest BCUT2D eigenvalue weighted by molar-refractivity contribution is 7.60. The van der Waals surface area contributed by atoms with E-state index in [2.05, 4.69) is 19.1 Å². The molecule has 5 aliphatic rings. The fourth-order valence-electron chi connectivity index (χ4n) is 8.21. The molecule has 0 aromatic heterocycles. The maximum absolute atomic E-state index is 2.79. The largest absolute Gasteiger partial charge is 0.0965 e. The normalized spacial score (nSPS) is 30.6. The predicted molar refractivity (Wildman–Crippen MR) is 160 cm³/mol. The van der Waals surface area contributed by atoms with Crippen molar-refractivity contribution in [3.05, 3.63) is 22.8 Å². The van der Waals surface area contributed by atoms with Gasteiger partial charge in [0.1, 0.15) is 0 Å². The van der Waals surface area contributed by atoms with Crippen LogP contribution >= 0.6 is 25.1 Å². The quantitative estimate of drug-likeness (QED) is 0.280. The van der Waals surface area contributed by atoms with Gasteiger partial charge in [0.2, 0.25) is 0 Å². The van der Waals surface area contributed by atoms with Crippen LogP contribution in [0.4, 0.5) is 0 Å². The van der Waals surface area contributed by atoms with E-state index in [1.165, 1.54) is 103 Å². The third-order valence-electron chi connectivity index (χ3n) is 10.0. The number of rotatable bonds is 8. The Labute approximate surface area is 217 Å². The second-order valence-corrected chi connectivity index (χ2v) is 19.0. The second-order valence-electron chi connectivity index (χ2n) is 12.5. The molecule has 5 rings (SSSR count). The summed E-state index contributed by atoms with van der Waals surface area (Å²) >= 11 is 0. The van der Waals surface area contributed by atoms with E-state index in [1.807, 2.05) is 10.6 Å². The van der Waals surface area contributed by atoms with Gasteiger partial charge >= 0.3 is 0 Å². The molecule has 0 aromatic carbocycles. The fourth-order valence-corrected chi connectivity index (χ4v) is 17.0. The minimum atomic E-state index is 0.158. The zero-order valence-electron chi connectivity index (χ0n) is 22.2. The lowest BCUT2D eigenvalue weighted by Gasteiger charge is -2.45. The third-order valence-corrected chi connectivity index (χ3v) is 17.6. The van der Waals surface area contributed by atoms with E-state index >= 15 is 0 Å². The summed E-state index contributed by atoms with van der Waals surface area (Å²) < 4.78 is 0. The fraction of sp³-hybridized carbons (Fsp3) is 0.871. The molecule has 4 saturated carbocycles. The van der Waals surface area contributed by atoms with Crippen LogP contribution in [0, 0.1) is 5.92 Å². The Kier molecular flexibility index (Phi) is 10.5. The Hall–Kier alpha value is 0.770. The topological polar surface area (TPSA) is 0 Å². The molecule has 0 aromatic rings. The smallest absolute Gasteiger partial charge is 0.0158 e. The van der Waals surface area contributed by atoms with E-state index in [0.717, 1.165) is 51.4 Å². The van der Waals surface area contributed by atoms with E-state index in [4.69, 9.17) is 0 Å². The summed E-state index contributed by atoms with van der Waals surface area (Å²) in [6, 6.07) is 0. The Morgan fingerprint density at radius 2 is 0.912 bits per heavy atom. The highest BCUT2D eigenvalue weighted by atomic mass is 31.1.